The molecular formula is C23H29N5O2. The average Bonchev–Trinajstić information content (AvgIpc) is 3.19. The van der Waals surface area contributed by atoms with Crippen LogP contribution in [0.25, 0.3) is 11.0 Å². The van der Waals surface area contributed by atoms with E-state index in [9.17, 15) is 4.79 Å². The third kappa shape index (κ3) is 4.46. The van der Waals surface area contributed by atoms with Gasteiger partial charge in [0, 0.05) is 38.0 Å². The minimum absolute atomic E-state index is 0.00453. The highest BCUT2D eigenvalue weighted by atomic mass is 16.5. The molecule has 1 aliphatic rings. The maximum Gasteiger partial charge on any atom is 0.255 e. The number of nitrogens with one attached hydrogen (secondary N) is 2. The summed E-state index contributed by atoms with van der Waals surface area (Å²) in [4.78, 5) is 17.7. The number of pyridine rings is 1. The van der Waals surface area contributed by atoms with Gasteiger partial charge in [-0.15, -0.1) is 0 Å². The second-order valence-corrected chi connectivity index (χ2v) is 7.84. The van der Waals surface area contributed by atoms with Crippen LogP contribution in [0.5, 0.6) is 0 Å². The maximum atomic E-state index is 13.2. The third-order valence-electron chi connectivity index (χ3n) is 5.54. The van der Waals surface area contributed by atoms with Crippen molar-refractivity contribution in [3.8, 4) is 0 Å². The molecule has 3 aromatic rings. The molecule has 1 aromatic carbocycles. The molecule has 0 radical (unpaired) electrons. The van der Waals surface area contributed by atoms with Gasteiger partial charge in [0.1, 0.15) is 0 Å². The number of carbonyl (C=O) groups excluding carboxylic acids is 1. The van der Waals surface area contributed by atoms with Gasteiger partial charge in [-0.3, -0.25) is 4.79 Å². The largest absolute Gasteiger partial charge is 0.381 e. The topological polar surface area (TPSA) is 81.1 Å². The van der Waals surface area contributed by atoms with Gasteiger partial charge in [-0.2, -0.15) is 5.10 Å². The fourth-order valence-corrected chi connectivity index (χ4v) is 3.95. The molecule has 2 aromatic heterocycles. The molecule has 30 heavy (non-hydrogen) atoms. The number of amides is 1. The summed E-state index contributed by atoms with van der Waals surface area (Å²) in [7, 11) is 0. The zero-order valence-electron chi connectivity index (χ0n) is 17.6. The van der Waals surface area contributed by atoms with Gasteiger partial charge in [-0.1, -0.05) is 30.3 Å². The first-order chi connectivity index (χ1) is 14.7. The van der Waals surface area contributed by atoms with Crippen LogP contribution in [0.1, 0.15) is 42.6 Å². The lowest BCUT2D eigenvalue weighted by Gasteiger charge is -2.26. The van der Waals surface area contributed by atoms with E-state index in [0.29, 0.717) is 5.56 Å². The number of nitrogens with zero attached hydrogens (tertiary/aromatic N) is 3. The Kier molecular flexibility index (Phi) is 6.28. The summed E-state index contributed by atoms with van der Waals surface area (Å²) in [5.41, 5.74) is 3.37. The van der Waals surface area contributed by atoms with Gasteiger partial charge in [0.25, 0.3) is 5.91 Å². The molecule has 3 heterocycles. The average molecular weight is 408 g/mol. The predicted octanol–water partition coefficient (Wildman–Crippen LogP) is 3.40. The van der Waals surface area contributed by atoms with Gasteiger partial charge < -0.3 is 15.4 Å². The summed E-state index contributed by atoms with van der Waals surface area (Å²) in [6.07, 6.45) is 6.08. The van der Waals surface area contributed by atoms with E-state index in [1.807, 2.05) is 36.7 Å². The quantitative estimate of drug-likeness (QED) is 0.627. The Morgan fingerprint density at radius 2 is 2.00 bits per heavy atom. The van der Waals surface area contributed by atoms with E-state index in [1.54, 1.807) is 12.4 Å². The molecule has 2 N–H and O–H groups in total. The van der Waals surface area contributed by atoms with Crippen LogP contribution in [-0.4, -0.2) is 46.0 Å². The van der Waals surface area contributed by atoms with Crippen LogP contribution in [0.3, 0.4) is 0 Å². The van der Waals surface area contributed by atoms with Crippen LogP contribution < -0.4 is 10.6 Å². The van der Waals surface area contributed by atoms with Gasteiger partial charge in [-0.25, -0.2) is 9.67 Å². The number of hydrogen-bond acceptors (Lipinski definition) is 5. The Morgan fingerprint density at radius 1 is 1.23 bits per heavy atom. The van der Waals surface area contributed by atoms with Gasteiger partial charge in [0.2, 0.25) is 0 Å². The van der Waals surface area contributed by atoms with Gasteiger partial charge in [0.15, 0.2) is 5.65 Å². The number of benzene rings is 1. The summed E-state index contributed by atoms with van der Waals surface area (Å²) in [6.45, 7) is 6.25. The van der Waals surface area contributed by atoms with Crippen molar-refractivity contribution in [3.05, 3.63) is 53.9 Å². The second-order valence-electron chi connectivity index (χ2n) is 7.84. The van der Waals surface area contributed by atoms with E-state index in [1.165, 1.54) is 5.56 Å². The first-order valence-corrected chi connectivity index (χ1v) is 10.7. The van der Waals surface area contributed by atoms with Crippen LogP contribution in [0.15, 0.2) is 42.7 Å². The van der Waals surface area contributed by atoms with Crippen LogP contribution in [0.2, 0.25) is 0 Å². The summed E-state index contributed by atoms with van der Waals surface area (Å²) >= 11 is 0. The maximum absolute atomic E-state index is 13.2. The monoisotopic (exact) mass is 407 g/mol. The lowest BCUT2D eigenvalue weighted by atomic mass is 10.0. The highest BCUT2D eigenvalue weighted by Crippen LogP contribution is 2.28. The first-order valence-electron chi connectivity index (χ1n) is 10.7. The van der Waals surface area contributed by atoms with Crippen molar-refractivity contribution in [2.24, 2.45) is 0 Å². The third-order valence-corrected chi connectivity index (χ3v) is 5.54. The Labute approximate surface area is 176 Å². The summed E-state index contributed by atoms with van der Waals surface area (Å²) in [6, 6.07) is 10.5. The minimum atomic E-state index is -0.119. The SMILES string of the molecule is CCn1ncc2c(NC3CCOCC3)c(C(=O)NC(C)Cc3ccccc3)cnc21. The Balaban J connectivity index is 1.59. The fraction of sp³-hybridized carbons (Fsp3) is 0.435. The number of anilines is 1. The van der Waals surface area contributed by atoms with Crippen molar-refractivity contribution < 1.29 is 9.53 Å². The van der Waals surface area contributed by atoms with Crippen molar-refractivity contribution in [1.29, 1.82) is 0 Å². The van der Waals surface area contributed by atoms with Crippen molar-refractivity contribution >= 4 is 22.6 Å². The van der Waals surface area contributed by atoms with Crippen molar-refractivity contribution in [1.82, 2.24) is 20.1 Å². The number of ether oxygens (including phenoxy) is 1. The zero-order valence-corrected chi connectivity index (χ0v) is 17.6. The highest BCUT2D eigenvalue weighted by molar-refractivity contribution is 6.06. The van der Waals surface area contributed by atoms with Crippen LogP contribution in [-0.2, 0) is 17.7 Å². The van der Waals surface area contributed by atoms with E-state index >= 15 is 0 Å². The highest BCUT2D eigenvalue weighted by Gasteiger charge is 2.22. The lowest BCUT2D eigenvalue weighted by molar-refractivity contribution is 0.0903. The minimum Gasteiger partial charge on any atom is -0.381 e. The van der Waals surface area contributed by atoms with E-state index in [2.05, 4.69) is 32.8 Å². The number of hydrogen-bond donors (Lipinski definition) is 2. The molecule has 1 fully saturated rings. The molecule has 7 nitrogen and oxygen atoms in total. The normalized spacial score (nSPS) is 15.8. The number of aryl methyl sites for hydroxylation is 1. The van der Waals surface area contributed by atoms with Crippen LogP contribution >= 0.6 is 0 Å². The molecule has 0 spiro atoms. The van der Waals surface area contributed by atoms with E-state index < -0.39 is 0 Å². The molecule has 0 bridgehead atoms. The Bertz CT molecular complexity index is 996. The molecule has 1 unspecified atom stereocenters. The second kappa shape index (κ2) is 9.26. The number of carbonyl (C=O) groups is 1. The molecule has 1 aliphatic heterocycles. The van der Waals surface area contributed by atoms with Gasteiger partial charge in [0.05, 0.1) is 22.8 Å². The van der Waals surface area contributed by atoms with Crippen molar-refractivity contribution in [3.63, 3.8) is 0 Å². The van der Waals surface area contributed by atoms with E-state index in [4.69, 9.17) is 4.74 Å². The molecule has 0 aliphatic carbocycles. The molecule has 0 saturated carbocycles. The summed E-state index contributed by atoms with van der Waals surface area (Å²) in [5, 5.41) is 12.1. The summed E-state index contributed by atoms with van der Waals surface area (Å²) in [5.74, 6) is -0.119. The number of fused-ring (bicyclic) bond motifs is 1. The van der Waals surface area contributed by atoms with Gasteiger partial charge >= 0.3 is 0 Å². The molecule has 1 saturated heterocycles. The molecule has 1 amide bonds. The number of rotatable bonds is 7. The van der Waals surface area contributed by atoms with Gasteiger partial charge in [-0.05, 0) is 38.7 Å². The molecule has 4 rings (SSSR count). The first kappa shape index (κ1) is 20.3. The molecule has 7 heteroatoms. The smallest absolute Gasteiger partial charge is 0.255 e. The van der Waals surface area contributed by atoms with Crippen LogP contribution in [0.4, 0.5) is 5.69 Å². The molecule has 158 valence electrons. The predicted molar refractivity (Wildman–Crippen MR) is 118 cm³/mol. The Morgan fingerprint density at radius 3 is 2.73 bits per heavy atom. The van der Waals surface area contributed by atoms with Crippen molar-refractivity contribution in [2.75, 3.05) is 18.5 Å². The fourth-order valence-electron chi connectivity index (χ4n) is 3.95. The molecular weight excluding hydrogens is 378 g/mol. The molecule has 1 atom stereocenters. The number of aromatic nitrogens is 3. The Hall–Kier alpha value is -2.93. The van der Waals surface area contributed by atoms with Crippen molar-refractivity contribution in [2.45, 2.75) is 51.7 Å². The van der Waals surface area contributed by atoms with E-state index in [-0.39, 0.29) is 18.0 Å². The zero-order chi connectivity index (χ0) is 20.9. The van der Waals surface area contributed by atoms with Crippen LogP contribution in [0, 0.1) is 0 Å². The lowest BCUT2D eigenvalue weighted by Crippen LogP contribution is -2.35. The standard InChI is InChI=1S/C23H29N5O2/c1-3-28-22-19(15-25-28)21(27-18-9-11-30-12-10-18)20(14-24-22)23(29)26-16(2)13-17-7-5-4-6-8-17/h4-8,14-16,18H,3,9-13H2,1-2H3,(H,24,27)(H,26,29). The summed E-state index contributed by atoms with van der Waals surface area (Å²) < 4.78 is 7.34. The van der Waals surface area contributed by atoms with E-state index in [0.717, 1.165) is 55.7 Å².